The van der Waals surface area contributed by atoms with Crippen molar-refractivity contribution in [3.63, 3.8) is 0 Å². The summed E-state index contributed by atoms with van der Waals surface area (Å²) in [4.78, 5) is 4.34. The molecule has 30 heavy (non-hydrogen) atoms. The highest BCUT2D eigenvalue weighted by Crippen LogP contribution is 2.23. The Morgan fingerprint density at radius 1 is 1.20 bits per heavy atom. The molecular formula is C24H33N3O3. The predicted octanol–water partition coefficient (Wildman–Crippen LogP) is 3.47. The summed E-state index contributed by atoms with van der Waals surface area (Å²) >= 11 is 0. The molecule has 0 saturated carbocycles. The summed E-state index contributed by atoms with van der Waals surface area (Å²) in [6.07, 6.45) is 3.08. The lowest BCUT2D eigenvalue weighted by Gasteiger charge is -2.18. The molecule has 6 heteroatoms. The van der Waals surface area contributed by atoms with E-state index >= 15 is 0 Å². The first kappa shape index (κ1) is 22.0. The maximum absolute atomic E-state index is 6.18. The Morgan fingerprint density at radius 3 is 2.87 bits per heavy atom. The number of nitrogens with zero attached hydrogens (tertiary/aromatic N) is 1. The highest BCUT2D eigenvalue weighted by molar-refractivity contribution is 5.79. The molecule has 6 nitrogen and oxygen atoms in total. The number of ether oxygens (including phenoxy) is 3. The fourth-order valence-electron chi connectivity index (χ4n) is 3.43. The summed E-state index contributed by atoms with van der Waals surface area (Å²) in [5, 5.41) is 6.78. The Labute approximate surface area is 179 Å². The molecule has 1 unspecified atom stereocenters. The van der Waals surface area contributed by atoms with Crippen molar-refractivity contribution < 1.29 is 14.2 Å². The van der Waals surface area contributed by atoms with E-state index in [1.54, 1.807) is 14.2 Å². The van der Waals surface area contributed by atoms with Crippen LogP contribution >= 0.6 is 0 Å². The van der Waals surface area contributed by atoms with Crippen LogP contribution in [0, 0.1) is 6.92 Å². The number of aliphatic imine (C=N–C) groups is 1. The molecule has 1 aliphatic rings. The van der Waals surface area contributed by atoms with Gasteiger partial charge in [-0.1, -0.05) is 24.3 Å². The van der Waals surface area contributed by atoms with Gasteiger partial charge >= 0.3 is 0 Å². The monoisotopic (exact) mass is 411 g/mol. The minimum Gasteiger partial charge on any atom is -0.497 e. The zero-order valence-corrected chi connectivity index (χ0v) is 18.2. The molecule has 0 aromatic heterocycles. The number of guanidine groups is 1. The summed E-state index contributed by atoms with van der Waals surface area (Å²) in [6.45, 7) is 5.01. The van der Waals surface area contributed by atoms with Gasteiger partial charge in [0, 0.05) is 32.1 Å². The van der Waals surface area contributed by atoms with Crippen molar-refractivity contribution >= 4 is 5.96 Å². The van der Waals surface area contributed by atoms with Gasteiger partial charge in [-0.05, 0) is 49.1 Å². The van der Waals surface area contributed by atoms with Gasteiger partial charge in [0.25, 0.3) is 0 Å². The Hall–Kier alpha value is -2.73. The third-order valence-corrected chi connectivity index (χ3v) is 5.14. The lowest BCUT2D eigenvalue weighted by Crippen LogP contribution is -2.37. The first-order chi connectivity index (χ1) is 14.7. The van der Waals surface area contributed by atoms with Gasteiger partial charge < -0.3 is 24.8 Å². The topological polar surface area (TPSA) is 64.1 Å². The molecule has 0 bridgehead atoms. The molecule has 1 heterocycles. The molecule has 0 spiro atoms. The molecule has 0 radical (unpaired) electrons. The van der Waals surface area contributed by atoms with Gasteiger partial charge in [0.1, 0.15) is 17.6 Å². The van der Waals surface area contributed by atoms with E-state index in [1.807, 2.05) is 12.1 Å². The second kappa shape index (κ2) is 11.5. The van der Waals surface area contributed by atoms with E-state index in [4.69, 9.17) is 14.2 Å². The zero-order chi connectivity index (χ0) is 21.2. The third kappa shape index (κ3) is 6.66. The van der Waals surface area contributed by atoms with Crippen LogP contribution in [0.25, 0.3) is 0 Å². The minimum atomic E-state index is 0.139. The van der Waals surface area contributed by atoms with E-state index in [0.29, 0.717) is 13.2 Å². The molecule has 0 aliphatic carbocycles. The maximum atomic E-state index is 6.18. The van der Waals surface area contributed by atoms with Crippen LogP contribution in [-0.4, -0.2) is 46.0 Å². The van der Waals surface area contributed by atoms with Gasteiger partial charge in [0.2, 0.25) is 0 Å². The van der Waals surface area contributed by atoms with Crippen molar-refractivity contribution in [3.05, 3.63) is 59.2 Å². The van der Waals surface area contributed by atoms with Crippen LogP contribution in [0.1, 0.15) is 29.5 Å². The first-order valence-electron chi connectivity index (χ1n) is 10.6. The van der Waals surface area contributed by atoms with Gasteiger partial charge in [-0.15, -0.1) is 0 Å². The van der Waals surface area contributed by atoms with Gasteiger partial charge in [0.15, 0.2) is 5.96 Å². The van der Waals surface area contributed by atoms with Crippen molar-refractivity contribution in [1.29, 1.82) is 0 Å². The van der Waals surface area contributed by atoms with E-state index < -0.39 is 0 Å². The van der Waals surface area contributed by atoms with E-state index in [1.165, 1.54) is 11.1 Å². The standard InChI is InChI=1S/C24H33N3O3/c1-18-9-10-20(23(14-18)30-22-11-13-29-17-22)16-27-24(25-2)26-12-5-7-19-6-4-8-21(15-19)28-3/h4,6,8-10,14-15,22H,5,7,11-13,16-17H2,1-3H3,(H2,25,26,27). The molecule has 162 valence electrons. The number of aryl methyl sites for hydroxylation is 2. The van der Waals surface area contributed by atoms with E-state index in [0.717, 1.165) is 55.4 Å². The Bertz CT molecular complexity index is 832. The molecule has 2 aromatic rings. The lowest BCUT2D eigenvalue weighted by atomic mass is 10.1. The van der Waals surface area contributed by atoms with E-state index in [9.17, 15) is 0 Å². The Kier molecular flexibility index (Phi) is 8.39. The van der Waals surface area contributed by atoms with E-state index in [-0.39, 0.29) is 6.10 Å². The van der Waals surface area contributed by atoms with Gasteiger partial charge in [-0.3, -0.25) is 4.99 Å². The van der Waals surface area contributed by atoms with Crippen LogP contribution < -0.4 is 20.1 Å². The SMILES string of the molecule is CN=C(NCCCc1cccc(OC)c1)NCc1ccc(C)cc1OC1CCOC1. The molecule has 3 rings (SSSR count). The normalized spacial score (nSPS) is 16.4. The average molecular weight is 412 g/mol. The molecule has 1 aliphatic heterocycles. The van der Waals surface area contributed by atoms with Crippen LogP contribution in [0.5, 0.6) is 11.5 Å². The fraction of sp³-hybridized carbons (Fsp3) is 0.458. The third-order valence-electron chi connectivity index (χ3n) is 5.14. The molecule has 1 fully saturated rings. The molecular weight excluding hydrogens is 378 g/mol. The van der Waals surface area contributed by atoms with Crippen LogP contribution in [0.2, 0.25) is 0 Å². The summed E-state index contributed by atoms with van der Waals surface area (Å²) in [5.41, 5.74) is 3.58. The summed E-state index contributed by atoms with van der Waals surface area (Å²) < 4.78 is 16.9. The number of rotatable bonds is 9. The van der Waals surface area contributed by atoms with Crippen LogP contribution in [0.15, 0.2) is 47.5 Å². The lowest BCUT2D eigenvalue weighted by molar-refractivity contribution is 0.140. The van der Waals surface area contributed by atoms with Crippen LogP contribution in [-0.2, 0) is 17.7 Å². The smallest absolute Gasteiger partial charge is 0.191 e. The fourth-order valence-corrected chi connectivity index (χ4v) is 3.43. The molecule has 2 N–H and O–H groups in total. The quantitative estimate of drug-likeness (QED) is 0.376. The highest BCUT2D eigenvalue weighted by Gasteiger charge is 2.18. The number of benzene rings is 2. The van der Waals surface area contributed by atoms with E-state index in [2.05, 4.69) is 52.9 Å². The van der Waals surface area contributed by atoms with Crippen molar-refractivity contribution in [3.8, 4) is 11.5 Å². The number of hydrogen-bond acceptors (Lipinski definition) is 4. The molecule has 2 aromatic carbocycles. The zero-order valence-electron chi connectivity index (χ0n) is 18.2. The first-order valence-corrected chi connectivity index (χ1v) is 10.6. The van der Waals surface area contributed by atoms with Gasteiger partial charge in [0.05, 0.1) is 20.3 Å². The number of methoxy groups -OCH3 is 1. The van der Waals surface area contributed by atoms with Gasteiger partial charge in [-0.25, -0.2) is 0 Å². The molecule has 0 amide bonds. The summed E-state index contributed by atoms with van der Waals surface area (Å²) in [7, 11) is 3.49. The van der Waals surface area contributed by atoms with Crippen LogP contribution in [0.4, 0.5) is 0 Å². The molecule has 1 atom stereocenters. The summed E-state index contributed by atoms with van der Waals surface area (Å²) in [5.74, 6) is 2.61. The minimum absolute atomic E-state index is 0.139. The van der Waals surface area contributed by atoms with Crippen LogP contribution in [0.3, 0.4) is 0 Å². The maximum Gasteiger partial charge on any atom is 0.191 e. The largest absolute Gasteiger partial charge is 0.497 e. The number of hydrogen-bond donors (Lipinski definition) is 2. The predicted molar refractivity (Wildman–Crippen MR) is 121 cm³/mol. The van der Waals surface area contributed by atoms with Crippen molar-refractivity contribution in [1.82, 2.24) is 10.6 Å². The highest BCUT2D eigenvalue weighted by atomic mass is 16.5. The second-order valence-electron chi connectivity index (χ2n) is 7.52. The van der Waals surface area contributed by atoms with Crippen molar-refractivity contribution in [2.75, 3.05) is 33.9 Å². The second-order valence-corrected chi connectivity index (χ2v) is 7.52. The van der Waals surface area contributed by atoms with Crippen molar-refractivity contribution in [2.24, 2.45) is 4.99 Å². The average Bonchev–Trinajstić information content (AvgIpc) is 3.27. The van der Waals surface area contributed by atoms with Gasteiger partial charge in [-0.2, -0.15) is 0 Å². The Morgan fingerprint density at radius 2 is 2.10 bits per heavy atom. The summed E-state index contributed by atoms with van der Waals surface area (Å²) in [6, 6.07) is 14.5. The molecule has 1 saturated heterocycles. The number of nitrogens with one attached hydrogen (secondary N) is 2. The Balaban J connectivity index is 1.46. The van der Waals surface area contributed by atoms with Crippen molar-refractivity contribution in [2.45, 2.75) is 38.8 Å².